The van der Waals surface area contributed by atoms with Crippen LogP contribution < -0.4 is 0 Å². The van der Waals surface area contributed by atoms with E-state index < -0.39 is 5.91 Å². The Morgan fingerprint density at radius 3 is 2.64 bits per heavy atom. The van der Waals surface area contributed by atoms with E-state index in [9.17, 15) is 9.18 Å². The van der Waals surface area contributed by atoms with Crippen LogP contribution >= 0.6 is 35.1 Å². The molecule has 0 aliphatic carbocycles. The highest BCUT2D eigenvalue weighted by molar-refractivity contribution is 8.17. The average molecular weight is 496 g/mol. The lowest BCUT2D eigenvalue weighted by Crippen LogP contribution is -2.38. The second-order valence-corrected chi connectivity index (χ2v) is 9.39. The zero-order valence-electron chi connectivity index (χ0n) is 16.9. The molecule has 3 heterocycles. The lowest BCUT2D eigenvalue weighted by Gasteiger charge is -2.26. The molecule has 0 saturated carbocycles. The van der Waals surface area contributed by atoms with Crippen molar-refractivity contribution in [2.24, 2.45) is 4.99 Å². The topological polar surface area (TPSA) is 69.7 Å². The monoisotopic (exact) mass is 495 g/mol. The molecule has 2 aromatic carbocycles. The van der Waals surface area contributed by atoms with Crippen LogP contribution in [0.25, 0.3) is 11.8 Å². The molecule has 0 unspecified atom stereocenters. The van der Waals surface area contributed by atoms with Crippen molar-refractivity contribution in [3.8, 4) is 0 Å². The molecule has 2 aliphatic rings. The highest BCUT2D eigenvalue weighted by Crippen LogP contribution is 2.37. The third kappa shape index (κ3) is 4.55. The average Bonchev–Trinajstić information content (AvgIpc) is 3.44. The summed E-state index contributed by atoms with van der Waals surface area (Å²) < 4.78 is 19.2. The molecule has 3 aromatic rings. The van der Waals surface area contributed by atoms with E-state index in [2.05, 4.69) is 4.99 Å². The molecule has 0 radical (unpaired) electrons. The Bertz CT molecular complexity index is 1340. The van der Waals surface area contributed by atoms with Gasteiger partial charge in [-0.25, -0.2) is 4.39 Å². The number of amidine groups is 2. The van der Waals surface area contributed by atoms with Crippen LogP contribution in [0.1, 0.15) is 16.9 Å². The summed E-state index contributed by atoms with van der Waals surface area (Å²) in [5, 5.41) is 12.3. The smallest absolute Gasteiger partial charge is 0.283 e. The van der Waals surface area contributed by atoms with Crippen LogP contribution in [0.15, 0.2) is 86.1 Å². The highest BCUT2D eigenvalue weighted by Gasteiger charge is 2.36. The normalized spacial score (nSPS) is 16.8. The quantitative estimate of drug-likeness (QED) is 0.316. The summed E-state index contributed by atoms with van der Waals surface area (Å²) >= 11 is 8.70. The number of nitrogens with one attached hydrogen (secondary N) is 1. The number of rotatable bonds is 5. The van der Waals surface area contributed by atoms with E-state index >= 15 is 0 Å². The van der Waals surface area contributed by atoms with E-state index in [1.54, 1.807) is 28.5 Å². The summed E-state index contributed by atoms with van der Waals surface area (Å²) in [6.45, 7) is 0. The molecule has 9 heteroatoms. The predicted octanol–water partition coefficient (Wildman–Crippen LogP) is 6.67. The van der Waals surface area contributed by atoms with Gasteiger partial charge in [0.1, 0.15) is 17.4 Å². The number of hydrogen-bond donors (Lipinski definition) is 1. The summed E-state index contributed by atoms with van der Waals surface area (Å²) in [5.41, 5.74) is 2.63. The number of amides is 1. The second kappa shape index (κ2) is 9.05. The third-order valence-corrected chi connectivity index (χ3v) is 7.00. The van der Waals surface area contributed by atoms with E-state index in [-0.39, 0.29) is 17.2 Å². The van der Waals surface area contributed by atoms with E-state index in [1.165, 1.54) is 41.7 Å². The number of halogens is 2. The van der Waals surface area contributed by atoms with Crippen LogP contribution in [-0.2, 0) is 10.5 Å². The van der Waals surface area contributed by atoms with Crippen LogP contribution in [-0.4, -0.2) is 21.8 Å². The summed E-state index contributed by atoms with van der Waals surface area (Å²) in [6, 6.07) is 17.2. The fourth-order valence-corrected chi connectivity index (χ4v) is 5.13. The first-order chi connectivity index (χ1) is 16.0. The molecule has 0 spiro atoms. The zero-order chi connectivity index (χ0) is 22.9. The minimum atomic E-state index is -0.501. The Morgan fingerprint density at radius 1 is 1.12 bits per heavy atom. The van der Waals surface area contributed by atoms with E-state index in [0.717, 1.165) is 11.1 Å². The van der Waals surface area contributed by atoms with Crippen molar-refractivity contribution in [1.29, 1.82) is 5.41 Å². The van der Waals surface area contributed by atoms with Crippen LogP contribution in [0.4, 0.5) is 4.39 Å². The molecular weight excluding hydrogens is 481 g/mol. The fraction of sp³-hybridized carbons (Fsp3) is 0.0417. The fourth-order valence-electron chi connectivity index (χ4n) is 3.29. The van der Waals surface area contributed by atoms with Gasteiger partial charge in [0.15, 0.2) is 10.3 Å². The Kier molecular flexibility index (Phi) is 5.97. The van der Waals surface area contributed by atoms with Crippen LogP contribution in [0, 0.1) is 11.2 Å². The minimum Gasteiger partial charge on any atom is -0.450 e. The van der Waals surface area contributed by atoms with Gasteiger partial charge in [-0.15, -0.1) is 0 Å². The standard InChI is InChI=1S/C24H15ClFN3O2S2/c25-16-5-1-14(2-6-16)12-32-21-10-9-18(31-21)11-19-22(27)29-20(13-33-24(29)28-23(19)30)15-3-7-17(26)8-4-15/h1-11,13,27H,12H2/b19-11-,27-22?. The number of nitrogens with zero attached hydrogens (tertiary/aromatic N) is 2. The van der Waals surface area contributed by atoms with Gasteiger partial charge in [0.05, 0.1) is 11.3 Å². The van der Waals surface area contributed by atoms with E-state index in [1.807, 2.05) is 30.3 Å². The first-order valence-corrected chi connectivity index (χ1v) is 12.1. The lowest BCUT2D eigenvalue weighted by atomic mass is 10.1. The van der Waals surface area contributed by atoms with Crippen molar-refractivity contribution in [3.63, 3.8) is 0 Å². The number of thioether (sulfide) groups is 2. The van der Waals surface area contributed by atoms with Gasteiger partial charge in [0.2, 0.25) is 0 Å². The molecule has 0 fully saturated rings. The maximum absolute atomic E-state index is 13.3. The third-order valence-electron chi connectivity index (χ3n) is 4.94. The van der Waals surface area contributed by atoms with E-state index in [0.29, 0.717) is 32.5 Å². The molecule has 1 aromatic heterocycles. The molecule has 5 rings (SSSR count). The van der Waals surface area contributed by atoms with Crippen LogP contribution in [0.3, 0.4) is 0 Å². The number of aliphatic imine (C=N–C) groups is 1. The van der Waals surface area contributed by atoms with Crippen molar-refractivity contribution in [1.82, 2.24) is 4.90 Å². The van der Waals surface area contributed by atoms with Gasteiger partial charge < -0.3 is 4.42 Å². The number of carbonyl (C=O) groups is 1. The molecule has 0 atom stereocenters. The number of fused-ring (bicyclic) bond motifs is 1. The Hall–Kier alpha value is -3.07. The van der Waals surface area contributed by atoms with Crippen LogP contribution in [0.5, 0.6) is 0 Å². The SMILES string of the molecule is N=C1/C(=C/c2ccc(SCc3ccc(Cl)cc3)o2)C(=O)N=C2SC=C(c3ccc(F)cc3)N12. The lowest BCUT2D eigenvalue weighted by molar-refractivity contribution is -0.114. The van der Waals surface area contributed by atoms with Crippen LogP contribution in [0.2, 0.25) is 5.02 Å². The van der Waals surface area contributed by atoms with Gasteiger partial charge in [-0.05, 0) is 65.7 Å². The summed E-state index contributed by atoms with van der Waals surface area (Å²) in [5.74, 6) is 0.321. The van der Waals surface area contributed by atoms with Crippen molar-refractivity contribution >= 4 is 63.8 Å². The van der Waals surface area contributed by atoms with Crippen molar-refractivity contribution < 1.29 is 13.6 Å². The molecule has 1 N–H and O–H groups in total. The second-order valence-electron chi connectivity index (χ2n) is 7.14. The maximum Gasteiger partial charge on any atom is 0.283 e. The number of furan rings is 1. The van der Waals surface area contributed by atoms with Gasteiger partial charge in [0, 0.05) is 16.2 Å². The van der Waals surface area contributed by atoms with E-state index in [4.69, 9.17) is 21.4 Å². The van der Waals surface area contributed by atoms with Gasteiger partial charge in [-0.3, -0.25) is 15.1 Å². The predicted molar refractivity (Wildman–Crippen MR) is 132 cm³/mol. The Labute approximate surface area is 202 Å². The summed E-state index contributed by atoms with van der Waals surface area (Å²) in [4.78, 5) is 18.3. The summed E-state index contributed by atoms with van der Waals surface area (Å²) in [6.07, 6.45) is 1.53. The molecule has 0 saturated heterocycles. The van der Waals surface area contributed by atoms with Crippen molar-refractivity contribution in [2.75, 3.05) is 0 Å². The number of carbonyl (C=O) groups excluding carboxylic acids is 1. The van der Waals surface area contributed by atoms with Gasteiger partial charge in [0.25, 0.3) is 5.91 Å². The Balaban J connectivity index is 1.35. The number of benzene rings is 2. The van der Waals surface area contributed by atoms with Gasteiger partial charge in [-0.1, -0.05) is 47.3 Å². The molecule has 0 bridgehead atoms. The minimum absolute atomic E-state index is 0.00246. The maximum atomic E-state index is 13.3. The van der Waals surface area contributed by atoms with Crippen molar-refractivity contribution in [3.05, 3.63) is 99.4 Å². The summed E-state index contributed by atoms with van der Waals surface area (Å²) in [7, 11) is 0. The number of hydrogen-bond acceptors (Lipinski definition) is 5. The van der Waals surface area contributed by atoms with Gasteiger partial charge in [-0.2, -0.15) is 4.99 Å². The Morgan fingerprint density at radius 2 is 1.88 bits per heavy atom. The zero-order valence-corrected chi connectivity index (χ0v) is 19.3. The molecular formula is C24H15ClFN3O2S2. The molecule has 33 heavy (non-hydrogen) atoms. The van der Waals surface area contributed by atoms with Crippen molar-refractivity contribution in [2.45, 2.75) is 10.8 Å². The first kappa shape index (κ1) is 21.8. The highest BCUT2D eigenvalue weighted by atomic mass is 35.5. The molecule has 164 valence electrons. The van der Waals surface area contributed by atoms with Gasteiger partial charge >= 0.3 is 0 Å². The molecule has 1 amide bonds. The molecule has 2 aliphatic heterocycles. The first-order valence-electron chi connectivity index (χ1n) is 9.81. The molecule has 5 nitrogen and oxygen atoms in total. The largest absolute Gasteiger partial charge is 0.450 e.